The highest BCUT2D eigenvalue weighted by Gasteiger charge is 2.40. The number of hydrogen-bond acceptors (Lipinski definition) is 2. The van der Waals surface area contributed by atoms with Crippen LogP contribution in [-0.2, 0) is 4.74 Å². The standard InChI is InChI=1S/C6H10OS/c1-2-7-3-6(1)4-8-5-6/h1-5H2. The molecular weight excluding hydrogens is 120 g/mol. The Morgan fingerprint density at radius 3 is 2.50 bits per heavy atom. The van der Waals surface area contributed by atoms with Crippen molar-refractivity contribution < 1.29 is 4.74 Å². The van der Waals surface area contributed by atoms with Crippen molar-refractivity contribution in [2.75, 3.05) is 24.7 Å². The Morgan fingerprint density at radius 2 is 2.25 bits per heavy atom. The molecule has 0 aromatic rings. The van der Waals surface area contributed by atoms with E-state index in [9.17, 15) is 0 Å². The molecule has 0 N–H and O–H groups in total. The van der Waals surface area contributed by atoms with Gasteiger partial charge in [-0.05, 0) is 6.42 Å². The molecule has 2 aliphatic rings. The molecule has 1 nitrogen and oxygen atoms in total. The van der Waals surface area contributed by atoms with Gasteiger partial charge in [0.05, 0.1) is 6.61 Å². The third kappa shape index (κ3) is 0.594. The summed E-state index contributed by atoms with van der Waals surface area (Å²) in [6.07, 6.45) is 1.32. The minimum absolute atomic E-state index is 0.657. The maximum Gasteiger partial charge on any atom is 0.0539 e. The Hall–Kier alpha value is 0.310. The van der Waals surface area contributed by atoms with Gasteiger partial charge in [-0.2, -0.15) is 11.8 Å². The molecule has 8 heavy (non-hydrogen) atoms. The molecular formula is C6H10OS. The predicted octanol–water partition coefficient (Wildman–Crippen LogP) is 1.14. The van der Waals surface area contributed by atoms with Crippen molar-refractivity contribution in [2.24, 2.45) is 5.41 Å². The van der Waals surface area contributed by atoms with Crippen LogP contribution in [0.2, 0.25) is 0 Å². The van der Waals surface area contributed by atoms with Crippen molar-refractivity contribution in [1.82, 2.24) is 0 Å². The van der Waals surface area contributed by atoms with E-state index in [1.807, 2.05) is 0 Å². The molecule has 0 saturated carbocycles. The van der Waals surface area contributed by atoms with Crippen LogP contribution in [0.3, 0.4) is 0 Å². The van der Waals surface area contributed by atoms with Gasteiger partial charge in [0.2, 0.25) is 0 Å². The highest BCUT2D eigenvalue weighted by atomic mass is 32.2. The van der Waals surface area contributed by atoms with Crippen LogP contribution >= 0.6 is 11.8 Å². The van der Waals surface area contributed by atoms with Crippen LogP contribution < -0.4 is 0 Å². The minimum Gasteiger partial charge on any atom is -0.381 e. The van der Waals surface area contributed by atoms with E-state index in [1.165, 1.54) is 17.9 Å². The monoisotopic (exact) mass is 130 g/mol. The van der Waals surface area contributed by atoms with Crippen molar-refractivity contribution in [1.29, 1.82) is 0 Å². The van der Waals surface area contributed by atoms with Gasteiger partial charge in [-0.3, -0.25) is 0 Å². The molecule has 0 amide bonds. The number of hydrogen-bond donors (Lipinski definition) is 0. The molecule has 2 fully saturated rings. The summed E-state index contributed by atoms with van der Waals surface area (Å²) in [7, 11) is 0. The second kappa shape index (κ2) is 1.64. The van der Waals surface area contributed by atoms with Crippen molar-refractivity contribution in [2.45, 2.75) is 6.42 Å². The zero-order valence-electron chi connectivity index (χ0n) is 4.85. The summed E-state index contributed by atoms with van der Waals surface area (Å²) in [4.78, 5) is 0. The second-order valence-corrected chi connectivity index (χ2v) is 3.78. The van der Waals surface area contributed by atoms with Gasteiger partial charge in [0.15, 0.2) is 0 Å². The maximum atomic E-state index is 5.29. The Morgan fingerprint density at radius 1 is 1.38 bits per heavy atom. The summed E-state index contributed by atoms with van der Waals surface area (Å²) in [6.45, 7) is 2.06. The summed E-state index contributed by atoms with van der Waals surface area (Å²) >= 11 is 2.05. The topological polar surface area (TPSA) is 9.23 Å². The Balaban J connectivity index is 2.01. The predicted molar refractivity (Wildman–Crippen MR) is 35.2 cm³/mol. The molecule has 2 heterocycles. The Labute approximate surface area is 53.8 Å². The fourth-order valence-corrected chi connectivity index (χ4v) is 2.50. The van der Waals surface area contributed by atoms with E-state index in [0.717, 1.165) is 13.2 Å². The van der Waals surface area contributed by atoms with E-state index in [0.29, 0.717) is 5.41 Å². The molecule has 0 unspecified atom stereocenters. The Kier molecular flexibility index (Phi) is 1.05. The van der Waals surface area contributed by atoms with Gasteiger partial charge in [-0.15, -0.1) is 0 Å². The zero-order valence-corrected chi connectivity index (χ0v) is 5.67. The SMILES string of the molecule is C1CC2(CO1)CSC2. The highest BCUT2D eigenvalue weighted by molar-refractivity contribution is 8.00. The van der Waals surface area contributed by atoms with E-state index in [-0.39, 0.29) is 0 Å². The van der Waals surface area contributed by atoms with E-state index in [4.69, 9.17) is 4.74 Å². The quantitative estimate of drug-likeness (QED) is 0.486. The van der Waals surface area contributed by atoms with Gasteiger partial charge < -0.3 is 4.74 Å². The van der Waals surface area contributed by atoms with Gasteiger partial charge in [0, 0.05) is 23.5 Å². The van der Waals surface area contributed by atoms with Gasteiger partial charge in [0.25, 0.3) is 0 Å². The summed E-state index contributed by atoms with van der Waals surface area (Å²) in [5.41, 5.74) is 0.657. The average molecular weight is 130 g/mol. The maximum absolute atomic E-state index is 5.29. The third-order valence-corrected chi connectivity index (χ3v) is 3.63. The summed E-state index contributed by atoms with van der Waals surface area (Å²) < 4.78 is 5.29. The van der Waals surface area contributed by atoms with Crippen LogP contribution in [0.25, 0.3) is 0 Å². The Bertz CT molecular complexity index is 90.7. The van der Waals surface area contributed by atoms with Crippen molar-refractivity contribution in [3.63, 3.8) is 0 Å². The molecule has 0 aromatic carbocycles. The molecule has 0 aliphatic carbocycles. The van der Waals surface area contributed by atoms with Crippen LogP contribution in [-0.4, -0.2) is 24.7 Å². The molecule has 2 rings (SSSR count). The molecule has 2 aliphatic heterocycles. The van der Waals surface area contributed by atoms with E-state index < -0.39 is 0 Å². The van der Waals surface area contributed by atoms with Gasteiger partial charge in [0.1, 0.15) is 0 Å². The fourth-order valence-electron chi connectivity index (χ4n) is 1.27. The smallest absolute Gasteiger partial charge is 0.0539 e. The van der Waals surface area contributed by atoms with E-state index in [2.05, 4.69) is 11.8 Å². The van der Waals surface area contributed by atoms with Crippen LogP contribution in [0.15, 0.2) is 0 Å². The first-order valence-corrected chi connectivity index (χ1v) is 4.22. The van der Waals surface area contributed by atoms with Crippen molar-refractivity contribution in [3.8, 4) is 0 Å². The van der Waals surface area contributed by atoms with Crippen molar-refractivity contribution >= 4 is 11.8 Å². The summed E-state index contributed by atoms with van der Waals surface area (Å²) in [5.74, 6) is 2.71. The molecule has 0 bridgehead atoms. The van der Waals surface area contributed by atoms with Crippen molar-refractivity contribution in [3.05, 3.63) is 0 Å². The molecule has 0 atom stereocenters. The molecule has 2 saturated heterocycles. The highest BCUT2D eigenvalue weighted by Crippen LogP contribution is 2.43. The zero-order chi connectivity index (χ0) is 5.45. The lowest BCUT2D eigenvalue weighted by atomic mass is 9.92. The van der Waals surface area contributed by atoms with Gasteiger partial charge >= 0.3 is 0 Å². The minimum atomic E-state index is 0.657. The van der Waals surface area contributed by atoms with Crippen LogP contribution in [0.5, 0.6) is 0 Å². The van der Waals surface area contributed by atoms with E-state index >= 15 is 0 Å². The second-order valence-electron chi connectivity index (χ2n) is 2.80. The lowest BCUT2D eigenvalue weighted by Gasteiger charge is -2.35. The molecule has 1 spiro atoms. The molecule has 0 radical (unpaired) electrons. The number of ether oxygens (including phenoxy) is 1. The van der Waals surface area contributed by atoms with E-state index in [1.54, 1.807) is 0 Å². The van der Waals surface area contributed by atoms with Crippen LogP contribution in [0.1, 0.15) is 6.42 Å². The largest absolute Gasteiger partial charge is 0.381 e. The third-order valence-electron chi connectivity index (χ3n) is 2.00. The lowest BCUT2D eigenvalue weighted by molar-refractivity contribution is 0.166. The molecule has 0 aromatic heterocycles. The average Bonchev–Trinajstić information content (AvgIpc) is 2.07. The van der Waals surface area contributed by atoms with Gasteiger partial charge in [-0.1, -0.05) is 0 Å². The first-order valence-electron chi connectivity index (χ1n) is 3.07. The molecule has 46 valence electrons. The first-order chi connectivity index (χ1) is 3.91. The number of thioether (sulfide) groups is 1. The summed E-state index contributed by atoms with van der Waals surface area (Å²) in [5, 5.41) is 0. The number of rotatable bonds is 0. The summed E-state index contributed by atoms with van der Waals surface area (Å²) in [6, 6.07) is 0. The fraction of sp³-hybridized carbons (Fsp3) is 1.00. The molecule has 2 heteroatoms. The first kappa shape index (κ1) is 5.12. The van der Waals surface area contributed by atoms with Crippen LogP contribution in [0.4, 0.5) is 0 Å². The van der Waals surface area contributed by atoms with Crippen LogP contribution in [0, 0.1) is 5.41 Å². The van der Waals surface area contributed by atoms with Gasteiger partial charge in [-0.25, -0.2) is 0 Å². The normalized spacial score (nSPS) is 33.0. The lowest BCUT2D eigenvalue weighted by Crippen LogP contribution is -2.35.